The number of carbonyl (C=O) groups is 1. The molecule has 2 aromatic heterocycles. The van der Waals surface area contributed by atoms with Crippen LogP contribution < -0.4 is 10.5 Å². The zero-order valence-electron chi connectivity index (χ0n) is 18.6. The third kappa shape index (κ3) is 4.25. The van der Waals surface area contributed by atoms with Crippen molar-refractivity contribution in [1.82, 2.24) is 14.8 Å². The minimum absolute atomic E-state index is 0.233. The van der Waals surface area contributed by atoms with Gasteiger partial charge in [-0.05, 0) is 18.1 Å². The molecule has 0 saturated heterocycles. The van der Waals surface area contributed by atoms with Gasteiger partial charge in [-0.3, -0.25) is 14.5 Å². The van der Waals surface area contributed by atoms with Gasteiger partial charge in [-0.15, -0.1) is 11.3 Å². The third-order valence-electron chi connectivity index (χ3n) is 5.66. The Labute approximate surface area is 200 Å². The second-order valence-electron chi connectivity index (χ2n) is 7.90. The van der Waals surface area contributed by atoms with E-state index in [0.29, 0.717) is 28.9 Å². The van der Waals surface area contributed by atoms with Crippen LogP contribution in [0.4, 0.5) is 5.13 Å². The lowest BCUT2D eigenvalue weighted by Crippen LogP contribution is -2.35. The maximum atomic E-state index is 13.9. The summed E-state index contributed by atoms with van der Waals surface area (Å²) in [5.74, 6) is -0.281. The highest BCUT2D eigenvalue weighted by Crippen LogP contribution is 2.29. The summed E-state index contributed by atoms with van der Waals surface area (Å²) in [5, 5.41) is 7.92. The lowest BCUT2D eigenvalue weighted by molar-refractivity contribution is 0.0982. The van der Waals surface area contributed by atoms with Gasteiger partial charge in [0, 0.05) is 29.9 Å². The van der Waals surface area contributed by atoms with Gasteiger partial charge in [-0.2, -0.15) is 5.10 Å². The summed E-state index contributed by atoms with van der Waals surface area (Å²) in [6.45, 7) is 0.434. The maximum Gasteiger partial charge on any atom is 0.281 e. The van der Waals surface area contributed by atoms with Crippen molar-refractivity contribution in [2.75, 3.05) is 11.4 Å². The van der Waals surface area contributed by atoms with Gasteiger partial charge in [0.15, 0.2) is 10.8 Å². The van der Waals surface area contributed by atoms with Gasteiger partial charge in [0.1, 0.15) is 0 Å². The molecule has 1 amide bonds. The van der Waals surface area contributed by atoms with E-state index in [9.17, 15) is 9.59 Å². The average Bonchev–Trinajstić information content (AvgIpc) is 3.37. The molecule has 0 aliphatic rings. The van der Waals surface area contributed by atoms with E-state index in [1.807, 2.05) is 72.1 Å². The van der Waals surface area contributed by atoms with Crippen molar-refractivity contribution in [3.05, 3.63) is 112 Å². The van der Waals surface area contributed by atoms with E-state index in [1.165, 1.54) is 16.0 Å². The lowest BCUT2D eigenvalue weighted by Gasteiger charge is -2.20. The van der Waals surface area contributed by atoms with Crippen LogP contribution in [0.15, 0.2) is 95.1 Å². The fourth-order valence-corrected chi connectivity index (χ4v) is 4.74. The molecule has 6 nitrogen and oxygen atoms in total. The number of aromatic nitrogens is 3. The number of amides is 1. The zero-order chi connectivity index (χ0) is 23.5. The number of aryl methyl sites for hydroxylation is 1. The van der Waals surface area contributed by atoms with Gasteiger partial charge in [-0.25, -0.2) is 9.67 Å². The molecule has 7 heteroatoms. The van der Waals surface area contributed by atoms with Crippen LogP contribution in [0.1, 0.15) is 16.1 Å². The number of rotatable bonds is 6. The van der Waals surface area contributed by atoms with Gasteiger partial charge >= 0.3 is 0 Å². The lowest BCUT2D eigenvalue weighted by atomic mass is 10.1. The first kappa shape index (κ1) is 21.7. The molecule has 0 atom stereocenters. The van der Waals surface area contributed by atoms with E-state index in [4.69, 9.17) is 4.98 Å². The minimum atomic E-state index is -0.281. The summed E-state index contributed by atoms with van der Waals surface area (Å²) in [4.78, 5) is 32.9. The predicted molar refractivity (Wildman–Crippen MR) is 136 cm³/mol. The number of anilines is 1. The smallest absolute Gasteiger partial charge is 0.281 e. The fourth-order valence-electron chi connectivity index (χ4n) is 3.88. The summed E-state index contributed by atoms with van der Waals surface area (Å²) < 4.78 is 1.22. The van der Waals surface area contributed by atoms with Crippen LogP contribution in [0.2, 0.25) is 0 Å². The zero-order valence-corrected chi connectivity index (χ0v) is 19.4. The molecule has 0 radical (unpaired) electrons. The molecule has 0 aliphatic carbocycles. The standard InChI is InChI=1S/C27H22N4O2S/c1-30-25(32)22-15-9-8-14-21(22)24(29-30)26(33)31(17-16-19-10-4-2-5-11-19)27-28-23(18-34-27)20-12-6-3-7-13-20/h2-15,18H,16-17H2,1H3. The summed E-state index contributed by atoms with van der Waals surface area (Å²) in [5.41, 5.74) is 2.94. The first-order chi connectivity index (χ1) is 16.6. The Hall–Kier alpha value is -4.10. The van der Waals surface area contributed by atoms with Crippen LogP contribution in [0.5, 0.6) is 0 Å². The van der Waals surface area contributed by atoms with Crippen molar-refractivity contribution in [1.29, 1.82) is 0 Å². The highest BCUT2D eigenvalue weighted by atomic mass is 32.1. The fraction of sp³-hybridized carbons (Fsp3) is 0.111. The maximum absolute atomic E-state index is 13.9. The molecule has 0 fully saturated rings. The highest BCUT2D eigenvalue weighted by Gasteiger charge is 2.25. The molecule has 0 saturated carbocycles. The van der Waals surface area contributed by atoms with Crippen LogP contribution >= 0.6 is 11.3 Å². The summed E-state index contributed by atoms with van der Waals surface area (Å²) in [6, 6.07) is 27.0. The predicted octanol–water partition coefficient (Wildman–Crippen LogP) is 4.95. The van der Waals surface area contributed by atoms with Gasteiger partial charge in [0.05, 0.1) is 11.1 Å². The van der Waals surface area contributed by atoms with E-state index >= 15 is 0 Å². The topological polar surface area (TPSA) is 68.1 Å². The van der Waals surface area contributed by atoms with E-state index in [2.05, 4.69) is 5.10 Å². The number of nitrogens with zero attached hydrogens (tertiary/aromatic N) is 4. The molecule has 0 bridgehead atoms. The molecule has 0 N–H and O–H groups in total. The Morgan fingerprint density at radius 1 is 0.912 bits per heavy atom. The molecular formula is C27H22N4O2S. The van der Waals surface area contributed by atoms with Gasteiger partial charge < -0.3 is 0 Å². The number of benzene rings is 3. The Kier molecular flexibility index (Phi) is 6.01. The first-order valence-electron chi connectivity index (χ1n) is 10.9. The summed E-state index contributed by atoms with van der Waals surface area (Å²) >= 11 is 1.42. The summed E-state index contributed by atoms with van der Waals surface area (Å²) in [7, 11) is 1.57. The van der Waals surface area contributed by atoms with Crippen molar-refractivity contribution >= 4 is 33.1 Å². The van der Waals surface area contributed by atoms with E-state index in [-0.39, 0.29) is 17.2 Å². The number of thiazole rings is 1. The van der Waals surface area contributed by atoms with Crippen LogP contribution in [-0.4, -0.2) is 27.2 Å². The van der Waals surface area contributed by atoms with Crippen LogP contribution in [0.3, 0.4) is 0 Å². The Morgan fingerprint density at radius 3 is 2.29 bits per heavy atom. The molecule has 168 valence electrons. The van der Waals surface area contributed by atoms with E-state index < -0.39 is 0 Å². The molecule has 2 heterocycles. The van der Waals surface area contributed by atoms with Gasteiger partial charge in [0.25, 0.3) is 11.5 Å². The number of hydrogen-bond acceptors (Lipinski definition) is 5. The van der Waals surface area contributed by atoms with E-state index in [0.717, 1.165) is 16.8 Å². The largest absolute Gasteiger partial charge is 0.282 e. The third-order valence-corrected chi connectivity index (χ3v) is 6.53. The van der Waals surface area contributed by atoms with Crippen molar-refractivity contribution in [2.45, 2.75) is 6.42 Å². The van der Waals surface area contributed by atoms with Gasteiger partial charge in [0.2, 0.25) is 0 Å². The molecule has 0 aliphatic heterocycles. The quantitative estimate of drug-likeness (QED) is 0.355. The Balaban J connectivity index is 1.57. The molecule has 5 rings (SSSR count). The molecule has 5 aromatic rings. The van der Waals surface area contributed by atoms with Crippen molar-refractivity contribution in [3.63, 3.8) is 0 Å². The Morgan fingerprint density at radius 2 is 1.56 bits per heavy atom. The van der Waals surface area contributed by atoms with Gasteiger partial charge in [-0.1, -0.05) is 78.9 Å². The first-order valence-corrected chi connectivity index (χ1v) is 11.8. The number of carbonyl (C=O) groups excluding carboxylic acids is 1. The highest BCUT2D eigenvalue weighted by molar-refractivity contribution is 7.14. The monoisotopic (exact) mass is 466 g/mol. The SMILES string of the molecule is Cn1nc(C(=O)N(CCc2ccccc2)c2nc(-c3ccccc3)cs2)c2ccccc2c1=O. The van der Waals surface area contributed by atoms with Crippen LogP contribution in [0, 0.1) is 0 Å². The van der Waals surface area contributed by atoms with Crippen molar-refractivity contribution < 1.29 is 4.79 Å². The molecular weight excluding hydrogens is 444 g/mol. The number of hydrogen-bond donors (Lipinski definition) is 0. The molecule has 0 unspecified atom stereocenters. The number of fused-ring (bicyclic) bond motifs is 1. The average molecular weight is 467 g/mol. The second kappa shape index (κ2) is 9.41. The summed E-state index contributed by atoms with van der Waals surface area (Å²) in [6.07, 6.45) is 0.663. The van der Waals surface area contributed by atoms with Crippen LogP contribution in [0.25, 0.3) is 22.0 Å². The molecule has 34 heavy (non-hydrogen) atoms. The second-order valence-corrected chi connectivity index (χ2v) is 8.73. The normalized spacial score (nSPS) is 11.0. The molecule has 0 spiro atoms. The molecule has 3 aromatic carbocycles. The van der Waals surface area contributed by atoms with Crippen molar-refractivity contribution in [3.8, 4) is 11.3 Å². The van der Waals surface area contributed by atoms with Crippen molar-refractivity contribution in [2.24, 2.45) is 7.05 Å². The van der Waals surface area contributed by atoms with Crippen LogP contribution in [-0.2, 0) is 13.5 Å². The Bertz CT molecular complexity index is 1510. The minimum Gasteiger partial charge on any atom is -0.282 e. The van der Waals surface area contributed by atoms with E-state index in [1.54, 1.807) is 30.1 Å².